The molecule has 0 radical (unpaired) electrons. The van der Waals surface area contributed by atoms with Gasteiger partial charge in [0.2, 0.25) is 5.82 Å². The number of primary amides is 1. The predicted molar refractivity (Wildman–Crippen MR) is 85.3 cm³/mol. The number of allylic oxidation sites excluding steroid dienone is 1. The number of carbonyl (C=O) groups excluding carboxylic acids is 1. The van der Waals surface area contributed by atoms with Gasteiger partial charge in [0.15, 0.2) is 5.69 Å². The van der Waals surface area contributed by atoms with Crippen LogP contribution in [0.15, 0.2) is 18.5 Å². The minimum Gasteiger partial charge on any atom is -0.480 e. The summed E-state index contributed by atoms with van der Waals surface area (Å²) in [5.74, 6) is -2.04. The smallest absolute Gasteiger partial charge is 0.325 e. The number of hydrogen-bond acceptors (Lipinski definition) is 6. The van der Waals surface area contributed by atoms with Crippen molar-refractivity contribution in [2.24, 2.45) is 5.73 Å². The average Bonchev–Trinajstić information content (AvgIpc) is 2.94. The first-order valence-electron chi connectivity index (χ1n) is 7.45. The average molecular weight is 338 g/mol. The van der Waals surface area contributed by atoms with Gasteiger partial charge in [-0.25, -0.2) is 9.97 Å². The van der Waals surface area contributed by atoms with Crippen LogP contribution in [0.3, 0.4) is 0 Å². The zero-order valence-corrected chi connectivity index (χ0v) is 13.2. The zero-order chi connectivity index (χ0) is 18.1. The van der Waals surface area contributed by atoms with E-state index in [2.05, 4.69) is 15.1 Å². The maximum absolute atomic E-state index is 11.6. The molecule has 0 aromatic carbocycles. The molecule has 3 N–H and O–H groups in total. The quantitative estimate of drug-likeness (QED) is 0.831. The van der Waals surface area contributed by atoms with E-state index in [1.807, 2.05) is 19.1 Å². The summed E-state index contributed by atoms with van der Waals surface area (Å²) in [6, 6.07) is 1.86. The van der Waals surface area contributed by atoms with Crippen LogP contribution in [-0.2, 0) is 11.3 Å². The van der Waals surface area contributed by atoms with Gasteiger partial charge in [0.1, 0.15) is 12.6 Å². The molecule has 0 fully saturated rings. The van der Waals surface area contributed by atoms with Gasteiger partial charge in [0.25, 0.3) is 5.91 Å². The molecule has 0 aliphatic heterocycles. The van der Waals surface area contributed by atoms with Gasteiger partial charge in [-0.05, 0) is 5.56 Å². The van der Waals surface area contributed by atoms with Crippen LogP contribution in [0.25, 0.3) is 6.08 Å². The van der Waals surface area contributed by atoms with Crippen LogP contribution in [0.2, 0.25) is 0 Å². The molecule has 2 aromatic heterocycles. The van der Waals surface area contributed by atoms with Crippen LogP contribution in [0.5, 0.6) is 0 Å². The lowest BCUT2D eigenvalue weighted by atomic mass is 9.80. The highest BCUT2D eigenvalue weighted by Gasteiger charge is 2.32. The van der Waals surface area contributed by atoms with Crippen molar-refractivity contribution in [2.75, 3.05) is 0 Å². The van der Waals surface area contributed by atoms with Gasteiger partial charge in [0.05, 0.1) is 5.69 Å². The van der Waals surface area contributed by atoms with Gasteiger partial charge < -0.3 is 10.8 Å². The van der Waals surface area contributed by atoms with E-state index in [4.69, 9.17) is 16.1 Å². The van der Waals surface area contributed by atoms with Crippen LogP contribution >= 0.6 is 0 Å². The fourth-order valence-corrected chi connectivity index (χ4v) is 3.07. The molecule has 9 heteroatoms. The summed E-state index contributed by atoms with van der Waals surface area (Å²) in [5, 5.41) is 22.0. The molecule has 2 heterocycles. The monoisotopic (exact) mass is 338 g/mol. The summed E-state index contributed by atoms with van der Waals surface area (Å²) in [5.41, 5.74) is 7.34. The summed E-state index contributed by atoms with van der Waals surface area (Å²) in [7, 11) is 0. The topological polar surface area (TPSA) is 148 Å². The zero-order valence-electron chi connectivity index (χ0n) is 13.2. The van der Waals surface area contributed by atoms with E-state index in [0.29, 0.717) is 11.3 Å². The second-order valence-corrected chi connectivity index (χ2v) is 5.69. The van der Waals surface area contributed by atoms with Gasteiger partial charge in [-0.2, -0.15) is 10.4 Å². The Labute approximate surface area is 142 Å². The highest BCUT2D eigenvalue weighted by atomic mass is 16.4. The third-order valence-corrected chi connectivity index (χ3v) is 4.15. The summed E-state index contributed by atoms with van der Waals surface area (Å²) < 4.78 is 1.30. The van der Waals surface area contributed by atoms with Crippen molar-refractivity contribution in [2.45, 2.75) is 25.3 Å². The minimum absolute atomic E-state index is 0.0499. The number of hydrogen-bond donors (Lipinski definition) is 2. The largest absolute Gasteiger partial charge is 0.480 e. The number of aliphatic carboxylic acids is 1. The number of nitrogens with zero attached hydrogens (tertiary/aromatic N) is 5. The number of nitriles is 1. The summed E-state index contributed by atoms with van der Waals surface area (Å²) in [4.78, 5) is 30.7. The SMILES string of the molecule is CC1c2c(c(C(N)=O)nn2CC(=O)O)C=CC1c1cnc(C#N)nc1. The van der Waals surface area contributed by atoms with E-state index < -0.39 is 11.9 Å². The van der Waals surface area contributed by atoms with Crippen LogP contribution in [-0.4, -0.2) is 36.7 Å². The lowest BCUT2D eigenvalue weighted by molar-refractivity contribution is -0.137. The Morgan fingerprint density at radius 3 is 2.64 bits per heavy atom. The van der Waals surface area contributed by atoms with Gasteiger partial charge in [-0.1, -0.05) is 19.1 Å². The number of carboxylic acid groups (broad SMARTS) is 1. The summed E-state index contributed by atoms with van der Waals surface area (Å²) in [6.07, 6.45) is 6.71. The van der Waals surface area contributed by atoms with Crippen LogP contribution in [0.4, 0.5) is 0 Å². The summed E-state index contributed by atoms with van der Waals surface area (Å²) in [6.45, 7) is 1.53. The Kier molecular flexibility index (Phi) is 4.02. The fourth-order valence-electron chi connectivity index (χ4n) is 3.07. The van der Waals surface area contributed by atoms with Gasteiger partial charge in [0, 0.05) is 29.8 Å². The normalized spacial score (nSPS) is 18.4. The van der Waals surface area contributed by atoms with E-state index in [0.717, 1.165) is 5.56 Å². The molecule has 2 unspecified atom stereocenters. The predicted octanol–water partition coefficient (Wildman–Crippen LogP) is 0.642. The first kappa shape index (κ1) is 16.3. The molecular weight excluding hydrogens is 324 g/mol. The first-order chi connectivity index (χ1) is 11.9. The lowest BCUT2D eigenvalue weighted by Gasteiger charge is -2.26. The molecule has 126 valence electrons. The van der Waals surface area contributed by atoms with E-state index >= 15 is 0 Å². The van der Waals surface area contributed by atoms with E-state index in [9.17, 15) is 9.59 Å². The standard InChI is InChI=1S/C16H14N6O3/c1-8-10(9-5-19-12(4-17)20-6-9)2-3-11-14(16(18)25)21-22(15(8)11)7-13(23)24/h2-3,5-6,8,10H,7H2,1H3,(H2,18,25)(H,23,24). The maximum atomic E-state index is 11.6. The summed E-state index contributed by atoms with van der Waals surface area (Å²) >= 11 is 0. The number of amides is 1. The molecule has 9 nitrogen and oxygen atoms in total. The molecule has 25 heavy (non-hydrogen) atoms. The Bertz CT molecular complexity index is 923. The Morgan fingerprint density at radius 2 is 2.08 bits per heavy atom. The second kappa shape index (κ2) is 6.16. The van der Waals surface area contributed by atoms with E-state index in [1.165, 1.54) is 4.68 Å². The molecule has 1 aliphatic rings. The van der Waals surface area contributed by atoms with Gasteiger partial charge >= 0.3 is 5.97 Å². The number of nitrogens with two attached hydrogens (primary N) is 1. The van der Waals surface area contributed by atoms with Crippen molar-refractivity contribution in [1.82, 2.24) is 19.7 Å². The number of fused-ring (bicyclic) bond motifs is 1. The van der Waals surface area contributed by atoms with Crippen LogP contribution in [0.1, 0.15) is 51.9 Å². The lowest BCUT2D eigenvalue weighted by Crippen LogP contribution is -2.19. The Hall–Kier alpha value is -3.54. The Morgan fingerprint density at radius 1 is 1.40 bits per heavy atom. The van der Waals surface area contributed by atoms with Gasteiger partial charge in [-0.15, -0.1) is 0 Å². The highest BCUT2D eigenvalue weighted by molar-refractivity contribution is 5.95. The highest BCUT2D eigenvalue weighted by Crippen LogP contribution is 2.40. The Balaban J connectivity index is 2.06. The van der Waals surface area contributed by atoms with Crippen molar-refractivity contribution < 1.29 is 14.7 Å². The molecule has 0 saturated heterocycles. The van der Waals surface area contributed by atoms with Crippen LogP contribution < -0.4 is 5.73 Å². The molecule has 1 amide bonds. The van der Waals surface area contributed by atoms with E-state index in [-0.39, 0.29) is 29.9 Å². The maximum Gasteiger partial charge on any atom is 0.325 e. The molecular formula is C16H14N6O3. The third-order valence-electron chi connectivity index (χ3n) is 4.15. The molecule has 0 bridgehead atoms. The van der Waals surface area contributed by atoms with Crippen molar-refractivity contribution in [1.29, 1.82) is 5.26 Å². The molecule has 2 atom stereocenters. The van der Waals surface area contributed by atoms with Crippen molar-refractivity contribution >= 4 is 18.0 Å². The second-order valence-electron chi connectivity index (χ2n) is 5.69. The number of aromatic nitrogens is 4. The number of carboxylic acids is 1. The molecule has 3 rings (SSSR count). The van der Waals surface area contributed by atoms with Crippen molar-refractivity contribution in [3.63, 3.8) is 0 Å². The number of rotatable bonds is 4. The molecule has 1 aliphatic carbocycles. The first-order valence-corrected chi connectivity index (χ1v) is 7.45. The third kappa shape index (κ3) is 2.85. The molecule has 0 saturated carbocycles. The van der Waals surface area contributed by atoms with Crippen molar-refractivity contribution in [3.05, 3.63) is 46.8 Å². The van der Waals surface area contributed by atoms with E-state index in [1.54, 1.807) is 18.5 Å². The van der Waals surface area contributed by atoms with Crippen LogP contribution in [0, 0.1) is 11.3 Å². The van der Waals surface area contributed by atoms with Crippen molar-refractivity contribution in [3.8, 4) is 6.07 Å². The molecule has 0 spiro atoms. The minimum atomic E-state index is -1.07. The fraction of sp³-hybridized carbons (Fsp3) is 0.250. The van der Waals surface area contributed by atoms with Gasteiger partial charge in [-0.3, -0.25) is 14.3 Å². The molecule has 2 aromatic rings. The number of carbonyl (C=O) groups is 2.